The maximum atomic E-state index is 13.0. The van der Waals surface area contributed by atoms with Gasteiger partial charge in [-0.25, -0.2) is 18.0 Å². The highest BCUT2D eigenvalue weighted by Gasteiger charge is 2.27. The van der Waals surface area contributed by atoms with Crippen molar-refractivity contribution in [3.63, 3.8) is 0 Å². The van der Waals surface area contributed by atoms with Crippen LogP contribution in [0, 0.1) is 11.6 Å². The van der Waals surface area contributed by atoms with Gasteiger partial charge in [-0.3, -0.25) is 4.79 Å². The van der Waals surface area contributed by atoms with Crippen LogP contribution in [0.25, 0.3) is 0 Å². The standard InChI is InChI=1S/C9H5F3O3S/c10-4-1-2-6(5(11)3-4)16-9(15)7(12)8(13)14/h1-3,7H,(H,13,14). The molecule has 0 aliphatic heterocycles. The molecular formula is C9H5F3O3S. The SMILES string of the molecule is O=C(O)C(F)C(=O)Sc1ccc(F)cc1F. The number of carbonyl (C=O) groups is 2. The first-order chi connectivity index (χ1) is 7.41. The lowest BCUT2D eigenvalue weighted by Crippen LogP contribution is -2.22. The Morgan fingerprint density at radius 3 is 2.44 bits per heavy atom. The van der Waals surface area contributed by atoms with Crippen molar-refractivity contribution in [2.75, 3.05) is 0 Å². The number of carboxylic acid groups (broad SMARTS) is 1. The maximum absolute atomic E-state index is 13.0. The molecule has 0 bridgehead atoms. The molecule has 0 heterocycles. The topological polar surface area (TPSA) is 54.4 Å². The molecule has 3 nitrogen and oxygen atoms in total. The van der Waals surface area contributed by atoms with Gasteiger partial charge in [-0.1, -0.05) is 0 Å². The zero-order valence-electron chi connectivity index (χ0n) is 7.62. The van der Waals surface area contributed by atoms with Crippen molar-refractivity contribution in [1.82, 2.24) is 0 Å². The molecule has 0 saturated heterocycles. The van der Waals surface area contributed by atoms with Crippen LogP contribution in [0.3, 0.4) is 0 Å². The van der Waals surface area contributed by atoms with Gasteiger partial charge in [0.05, 0.1) is 4.90 Å². The zero-order valence-corrected chi connectivity index (χ0v) is 8.43. The van der Waals surface area contributed by atoms with E-state index in [1.807, 2.05) is 0 Å². The molecule has 1 unspecified atom stereocenters. The van der Waals surface area contributed by atoms with Crippen molar-refractivity contribution in [3.05, 3.63) is 29.8 Å². The van der Waals surface area contributed by atoms with Crippen molar-refractivity contribution in [2.45, 2.75) is 11.1 Å². The van der Waals surface area contributed by atoms with Crippen molar-refractivity contribution in [1.29, 1.82) is 0 Å². The third-order valence-electron chi connectivity index (χ3n) is 1.53. The summed E-state index contributed by atoms with van der Waals surface area (Å²) in [5.41, 5.74) is 0. The number of carbonyl (C=O) groups excluding carboxylic acids is 1. The molecule has 16 heavy (non-hydrogen) atoms. The minimum atomic E-state index is -2.73. The summed E-state index contributed by atoms with van der Waals surface area (Å²) in [6, 6.07) is 2.33. The molecule has 0 fully saturated rings. The van der Waals surface area contributed by atoms with E-state index in [0.717, 1.165) is 12.1 Å². The summed E-state index contributed by atoms with van der Waals surface area (Å²) in [4.78, 5) is 20.7. The van der Waals surface area contributed by atoms with E-state index < -0.39 is 28.9 Å². The second-order valence-corrected chi connectivity index (χ2v) is 3.74. The molecule has 1 rings (SSSR count). The summed E-state index contributed by atoms with van der Waals surface area (Å²) in [5.74, 6) is -3.83. The van der Waals surface area contributed by atoms with E-state index in [-0.39, 0.29) is 16.7 Å². The number of hydrogen-bond donors (Lipinski definition) is 1. The Balaban J connectivity index is 2.81. The van der Waals surface area contributed by atoms with Gasteiger partial charge in [0.15, 0.2) is 0 Å². The summed E-state index contributed by atoms with van der Waals surface area (Å²) in [5, 5.41) is 6.82. The Bertz CT molecular complexity index is 436. The molecule has 86 valence electrons. The Morgan fingerprint density at radius 1 is 1.31 bits per heavy atom. The van der Waals surface area contributed by atoms with Crippen molar-refractivity contribution in [2.24, 2.45) is 0 Å². The average molecular weight is 250 g/mol. The quantitative estimate of drug-likeness (QED) is 0.658. The van der Waals surface area contributed by atoms with Crippen molar-refractivity contribution in [3.8, 4) is 0 Å². The summed E-state index contributed by atoms with van der Waals surface area (Å²) < 4.78 is 38.1. The molecule has 1 N–H and O–H groups in total. The van der Waals surface area contributed by atoms with Gasteiger partial charge in [0, 0.05) is 6.07 Å². The van der Waals surface area contributed by atoms with Crippen LogP contribution in [0.1, 0.15) is 0 Å². The van der Waals surface area contributed by atoms with E-state index in [4.69, 9.17) is 5.11 Å². The second-order valence-electron chi connectivity index (χ2n) is 2.70. The number of alkyl halides is 1. The molecule has 0 saturated carbocycles. The van der Waals surface area contributed by atoms with E-state index in [0.29, 0.717) is 6.07 Å². The van der Waals surface area contributed by atoms with E-state index in [1.54, 1.807) is 0 Å². The van der Waals surface area contributed by atoms with Gasteiger partial charge >= 0.3 is 5.97 Å². The first-order valence-electron chi connectivity index (χ1n) is 3.95. The van der Waals surface area contributed by atoms with Crippen molar-refractivity contribution >= 4 is 22.8 Å². The number of rotatable bonds is 3. The predicted octanol–water partition coefficient (Wildman–Crippen LogP) is 2.01. The average Bonchev–Trinajstić information content (AvgIpc) is 2.20. The molecule has 1 aromatic carbocycles. The summed E-state index contributed by atoms with van der Waals surface area (Å²) in [6.45, 7) is 0. The molecule has 0 aromatic heterocycles. The molecule has 7 heteroatoms. The number of aliphatic carboxylic acids is 1. The normalized spacial score (nSPS) is 12.2. The van der Waals surface area contributed by atoms with Crippen LogP contribution in [-0.4, -0.2) is 22.4 Å². The summed E-state index contributed by atoms with van der Waals surface area (Å²) in [7, 11) is 0. The Hall–Kier alpha value is -1.50. The number of benzene rings is 1. The first-order valence-corrected chi connectivity index (χ1v) is 4.77. The lowest BCUT2D eigenvalue weighted by Gasteiger charge is -2.03. The van der Waals surface area contributed by atoms with Crippen LogP contribution < -0.4 is 0 Å². The lowest BCUT2D eigenvalue weighted by molar-refractivity contribution is -0.145. The molecule has 0 amide bonds. The summed E-state index contributed by atoms with van der Waals surface area (Å²) >= 11 is 0.0789. The monoisotopic (exact) mass is 250 g/mol. The minimum absolute atomic E-state index is 0.0789. The van der Waals surface area contributed by atoms with E-state index >= 15 is 0 Å². The van der Waals surface area contributed by atoms with E-state index in [2.05, 4.69) is 0 Å². The smallest absolute Gasteiger partial charge is 0.347 e. The van der Waals surface area contributed by atoms with Crippen LogP contribution in [0.4, 0.5) is 13.2 Å². The molecule has 0 aliphatic rings. The Kier molecular flexibility index (Phi) is 3.94. The fourth-order valence-corrected chi connectivity index (χ4v) is 1.53. The molecular weight excluding hydrogens is 245 g/mol. The number of halogens is 3. The van der Waals surface area contributed by atoms with Gasteiger partial charge < -0.3 is 5.11 Å². The molecule has 0 spiro atoms. The number of carboxylic acids is 1. The van der Waals surface area contributed by atoms with Crippen LogP contribution in [0.5, 0.6) is 0 Å². The fraction of sp³-hybridized carbons (Fsp3) is 0.111. The lowest BCUT2D eigenvalue weighted by atomic mass is 10.3. The highest BCUT2D eigenvalue weighted by molar-refractivity contribution is 8.13. The van der Waals surface area contributed by atoms with Crippen LogP contribution in [-0.2, 0) is 9.59 Å². The van der Waals surface area contributed by atoms with Gasteiger partial charge in [-0.2, -0.15) is 0 Å². The molecule has 0 radical (unpaired) electrons. The third kappa shape index (κ3) is 2.99. The van der Waals surface area contributed by atoms with Crippen LogP contribution in [0.2, 0.25) is 0 Å². The first kappa shape index (κ1) is 12.6. The maximum Gasteiger partial charge on any atom is 0.347 e. The predicted molar refractivity (Wildman–Crippen MR) is 49.8 cm³/mol. The largest absolute Gasteiger partial charge is 0.479 e. The highest BCUT2D eigenvalue weighted by Crippen LogP contribution is 2.24. The van der Waals surface area contributed by atoms with Crippen molar-refractivity contribution < 1.29 is 27.9 Å². The van der Waals surface area contributed by atoms with Gasteiger partial charge in [0.25, 0.3) is 6.17 Å². The van der Waals surface area contributed by atoms with E-state index in [9.17, 15) is 22.8 Å². The minimum Gasteiger partial charge on any atom is -0.479 e. The number of hydrogen-bond acceptors (Lipinski definition) is 3. The molecule has 0 aliphatic carbocycles. The molecule has 1 atom stereocenters. The van der Waals surface area contributed by atoms with Crippen LogP contribution in [0.15, 0.2) is 23.1 Å². The molecule has 1 aromatic rings. The van der Waals surface area contributed by atoms with E-state index in [1.165, 1.54) is 0 Å². The summed E-state index contributed by atoms with van der Waals surface area (Å²) in [6.07, 6.45) is -2.73. The Morgan fingerprint density at radius 2 is 1.94 bits per heavy atom. The second kappa shape index (κ2) is 5.02. The zero-order chi connectivity index (χ0) is 12.3. The van der Waals surface area contributed by atoms with Gasteiger partial charge in [0.2, 0.25) is 5.12 Å². The Labute approximate surface area is 92.3 Å². The van der Waals surface area contributed by atoms with Gasteiger partial charge in [0.1, 0.15) is 11.6 Å². The third-order valence-corrected chi connectivity index (χ3v) is 2.49. The highest BCUT2D eigenvalue weighted by atomic mass is 32.2. The van der Waals surface area contributed by atoms with Crippen LogP contribution >= 0.6 is 11.8 Å². The van der Waals surface area contributed by atoms with Gasteiger partial charge in [-0.05, 0) is 23.9 Å². The number of thioether (sulfide) groups is 1. The van der Waals surface area contributed by atoms with Gasteiger partial charge in [-0.15, -0.1) is 0 Å². The fourth-order valence-electron chi connectivity index (χ4n) is 0.819.